The molecule has 0 fully saturated rings. The maximum absolute atomic E-state index is 12.3. The number of aromatic nitrogens is 2. The first-order chi connectivity index (χ1) is 11.3. The Kier molecular flexibility index (Phi) is 4.75. The summed E-state index contributed by atoms with van der Waals surface area (Å²) in [5, 5.41) is 5.12. The van der Waals surface area contributed by atoms with Crippen molar-refractivity contribution in [2.75, 3.05) is 6.61 Å². The van der Waals surface area contributed by atoms with Crippen LogP contribution in [0.3, 0.4) is 0 Å². The zero-order chi connectivity index (χ0) is 17.5. The molecule has 0 aliphatic carbocycles. The number of hydrogen-bond donors (Lipinski definition) is 0. The van der Waals surface area contributed by atoms with E-state index in [4.69, 9.17) is 16.3 Å². The first kappa shape index (κ1) is 17.5. The highest BCUT2D eigenvalue weighted by Crippen LogP contribution is 2.28. The van der Waals surface area contributed by atoms with E-state index < -0.39 is 16.1 Å². The van der Waals surface area contributed by atoms with Gasteiger partial charge in [0, 0.05) is 5.56 Å². The van der Waals surface area contributed by atoms with Gasteiger partial charge in [-0.15, -0.1) is 0 Å². The van der Waals surface area contributed by atoms with E-state index in [0.717, 1.165) is 22.5 Å². The molecule has 2 aromatic rings. The number of halogens is 1. The first-order valence-corrected chi connectivity index (χ1v) is 9.17. The molecule has 0 saturated heterocycles. The molecule has 0 N–H and O–H groups in total. The molecule has 0 amide bonds. The zero-order valence-corrected chi connectivity index (χ0v) is 15.7. The molecular weight excluding hydrogens is 346 g/mol. The van der Waals surface area contributed by atoms with Gasteiger partial charge in [0.1, 0.15) is 21.8 Å². The van der Waals surface area contributed by atoms with Crippen molar-refractivity contribution >= 4 is 28.7 Å². The highest BCUT2D eigenvalue weighted by molar-refractivity contribution is 7.91. The van der Waals surface area contributed by atoms with Crippen LogP contribution in [-0.2, 0) is 22.7 Å². The van der Waals surface area contributed by atoms with Crippen LogP contribution in [0.2, 0.25) is 5.02 Å². The van der Waals surface area contributed by atoms with E-state index >= 15 is 0 Å². The van der Waals surface area contributed by atoms with Crippen LogP contribution >= 0.6 is 11.6 Å². The van der Waals surface area contributed by atoms with Crippen molar-refractivity contribution in [1.29, 1.82) is 0 Å². The van der Waals surface area contributed by atoms with E-state index in [1.807, 2.05) is 45.9 Å². The molecule has 1 atom stereocenters. The first-order valence-electron chi connectivity index (χ1n) is 7.69. The quantitative estimate of drug-likeness (QED) is 0.763. The fourth-order valence-electron chi connectivity index (χ4n) is 2.39. The molecule has 3 rings (SSSR count). The van der Waals surface area contributed by atoms with Crippen LogP contribution in [0.4, 0.5) is 0 Å². The molecule has 0 bridgehead atoms. The molecule has 7 heteroatoms. The van der Waals surface area contributed by atoms with Gasteiger partial charge in [-0.3, -0.25) is 0 Å². The highest BCUT2D eigenvalue weighted by atomic mass is 35.5. The number of aryl methyl sites for hydroxylation is 1. The average Bonchev–Trinajstić information content (AvgIpc) is 2.94. The summed E-state index contributed by atoms with van der Waals surface area (Å²) in [6, 6.07) is 5.82. The van der Waals surface area contributed by atoms with Crippen LogP contribution in [0.25, 0.3) is 5.69 Å². The minimum absolute atomic E-state index is 0.335. The summed E-state index contributed by atoms with van der Waals surface area (Å²) in [5.74, 6) is 0. The lowest BCUT2D eigenvalue weighted by atomic mass is 10.1. The topological polar surface area (TPSA) is 62.5 Å². The number of hydrogen-bond acceptors (Lipinski definition) is 4. The Hall–Kier alpha value is -1.34. The Labute approximate surface area is 150 Å². The van der Waals surface area contributed by atoms with E-state index in [9.17, 15) is 4.55 Å². The highest BCUT2D eigenvalue weighted by Gasteiger charge is 2.30. The van der Waals surface area contributed by atoms with Gasteiger partial charge in [-0.25, -0.2) is 4.68 Å². The summed E-state index contributed by atoms with van der Waals surface area (Å²) in [7, 11) is 0. The van der Waals surface area contributed by atoms with Gasteiger partial charge in [-0.05, 0) is 39.3 Å². The van der Waals surface area contributed by atoms with Crippen molar-refractivity contribution in [3.63, 3.8) is 0 Å². The Bertz CT molecular complexity index is 796. The van der Waals surface area contributed by atoms with Gasteiger partial charge in [0.25, 0.3) is 0 Å². The van der Waals surface area contributed by atoms with Gasteiger partial charge in [-0.2, -0.15) is 5.10 Å². The summed E-state index contributed by atoms with van der Waals surface area (Å²) < 4.78 is 23.7. The Morgan fingerprint density at radius 1 is 1.33 bits per heavy atom. The van der Waals surface area contributed by atoms with Gasteiger partial charge in [-0.1, -0.05) is 28.1 Å². The summed E-state index contributed by atoms with van der Waals surface area (Å²) in [6.07, 6.45) is 1.75. The minimum atomic E-state index is -1.34. The van der Waals surface area contributed by atoms with Crippen molar-refractivity contribution in [2.45, 2.75) is 39.0 Å². The molecule has 2 heterocycles. The Morgan fingerprint density at radius 3 is 2.79 bits per heavy atom. The summed E-state index contributed by atoms with van der Waals surface area (Å²) >= 11 is 5.09. The largest absolute Gasteiger partial charge is 0.591 e. The van der Waals surface area contributed by atoms with Crippen LogP contribution in [0.5, 0.6) is 0 Å². The number of fused-ring (bicyclic) bond motifs is 1. The second kappa shape index (κ2) is 6.52. The third-order valence-electron chi connectivity index (χ3n) is 3.77. The van der Waals surface area contributed by atoms with Crippen molar-refractivity contribution < 1.29 is 9.29 Å². The lowest BCUT2D eigenvalue weighted by Crippen LogP contribution is -2.29. The number of nitrogens with zero attached hydrogens (tertiary/aromatic N) is 3. The molecule has 1 aromatic carbocycles. The number of benzene rings is 1. The average molecular weight is 366 g/mol. The SMILES string of the molecule is Cc1cccc(-n2ncc3c2COCC3=N[S@@+]([O-])C(C)(C)C)c1Cl. The minimum Gasteiger partial charge on any atom is -0.591 e. The van der Waals surface area contributed by atoms with E-state index in [0.29, 0.717) is 23.9 Å². The number of ether oxygens (including phenoxy) is 1. The van der Waals surface area contributed by atoms with Gasteiger partial charge < -0.3 is 9.29 Å². The third kappa shape index (κ3) is 3.24. The fourth-order valence-corrected chi connectivity index (χ4v) is 3.22. The molecule has 24 heavy (non-hydrogen) atoms. The second-order valence-electron chi connectivity index (χ2n) is 6.72. The molecular formula is C17H20ClN3O2S. The molecule has 128 valence electrons. The lowest BCUT2D eigenvalue weighted by molar-refractivity contribution is 0.147. The monoisotopic (exact) mass is 365 g/mol. The van der Waals surface area contributed by atoms with Crippen LogP contribution in [-0.4, -0.2) is 31.4 Å². The van der Waals surface area contributed by atoms with Crippen molar-refractivity contribution in [3.8, 4) is 5.69 Å². The number of rotatable bonds is 2. The molecule has 0 unspecified atom stereocenters. The van der Waals surface area contributed by atoms with E-state index in [2.05, 4.69) is 9.50 Å². The zero-order valence-electron chi connectivity index (χ0n) is 14.2. The van der Waals surface area contributed by atoms with Crippen LogP contribution in [0.1, 0.15) is 37.6 Å². The Morgan fingerprint density at radius 2 is 2.08 bits per heavy atom. The Balaban J connectivity index is 2.05. The lowest BCUT2D eigenvalue weighted by Gasteiger charge is -2.21. The standard InChI is InChI=1S/C17H20ClN3O2S/c1-11-6-5-7-14(16(11)18)21-15-10-23-9-13(12(15)8-19-21)20-24(22)17(2,3)4/h5-8H,9-10H2,1-4H3/t24-/m0/s1. The summed E-state index contributed by atoms with van der Waals surface area (Å²) in [6.45, 7) is 8.40. The molecule has 0 saturated carbocycles. The fraction of sp³-hybridized carbons (Fsp3) is 0.412. The normalized spacial score (nSPS) is 17.8. The molecule has 0 radical (unpaired) electrons. The molecule has 1 aromatic heterocycles. The molecule has 0 spiro atoms. The van der Waals surface area contributed by atoms with Crippen molar-refractivity contribution in [2.24, 2.45) is 4.40 Å². The van der Waals surface area contributed by atoms with Crippen molar-refractivity contribution in [3.05, 3.63) is 46.2 Å². The second-order valence-corrected chi connectivity index (χ2v) is 9.00. The van der Waals surface area contributed by atoms with Gasteiger partial charge in [0.15, 0.2) is 0 Å². The smallest absolute Gasteiger partial charge is 0.144 e. The van der Waals surface area contributed by atoms with Crippen molar-refractivity contribution in [1.82, 2.24) is 9.78 Å². The maximum atomic E-state index is 12.3. The van der Waals surface area contributed by atoms with Crippen LogP contribution in [0, 0.1) is 6.92 Å². The van der Waals surface area contributed by atoms with Gasteiger partial charge >= 0.3 is 0 Å². The molecule has 5 nitrogen and oxygen atoms in total. The predicted molar refractivity (Wildman–Crippen MR) is 97.4 cm³/mol. The van der Waals surface area contributed by atoms with Gasteiger partial charge in [0.05, 0.1) is 35.8 Å². The van der Waals surface area contributed by atoms with E-state index in [1.165, 1.54) is 0 Å². The molecule has 1 aliphatic heterocycles. The van der Waals surface area contributed by atoms with Crippen LogP contribution in [0.15, 0.2) is 28.8 Å². The van der Waals surface area contributed by atoms with E-state index in [1.54, 1.807) is 10.9 Å². The van der Waals surface area contributed by atoms with E-state index in [-0.39, 0.29) is 0 Å². The predicted octanol–water partition coefficient (Wildman–Crippen LogP) is 3.62. The summed E-state index contributed by atoms with van der Waals surface area (Å²) in [5.41, 5.74) is 4.20. The summed E-state index contributed by atoms with van der Waals surface area (Å²) in [4.78, 5) is 0. The maximum Gasteiger partial charge on any atom is 0.144 e. The third-order valence-corrected chi connectivity index (χ3v) is 5.70. The van der Waals surface area contributed by atoms with Gasteiger partial charge in [0.2, 0.25) is 0 Å². The molecule has 1 aliphatic rings. The van der Waals surface area contributed by atoms with Crippen LogP contribution < -0.4 is 0 Å².